The minimum absolute atomic E-state index is 0.0337. The summed E-state index contributed by atoms with van der Waals surface area (Å²) in [6.45, 7) is 2.49. The fourth-order valence-electron chi connectivity index (χ4n) is 1.99. The van der Waals surface area contributed by atoms with Crippen LogP contribution in [0.1, 0.15) is 19.8 Å². The highest BCUT2D eigenvalue weighted by Crippen LogP contribution is 2.26. The molecule has 2 heterocycles. The predicted molar refractivity (Wildman–Crippen MR) is 87.5 cm³/mol. The van der Waals surface area contributed by atoms with E-state index in [4.69, 9.17) is 14.0 Å². The average Bonchev–Trinajstić information content (AvgIpc) is 3.20. The number of benzene rings is 1. The van der Waals surface area contributed by atoms with Crippen LogP contribution in [0.25, 0.3) is 17.2 Å². The molecule has 2 aromatic heterocycles. The van der Waals surface area contributed by atoms with E-state index >= 15 is 0 Å². The number of halogens is 2. The molecule has 0 aliphatic carbocycles. The third-order valence-corrected chi connectivity index (χ3v) is 3.84. The van der Waals surface area contributed by atoms with Gasteiger partial charge >= 0.3 is 5.76 Å². The third-order valence-electron chi connectivity index (χ3n) is 3.24. The molecule has 3 aromatic rings. The van der Waals surface area contributed by atoms with E-state index in [2.05, 4.69) is 36.9 Å². The molecule has 0 aliphatic heterocycles. The monoisotopic (exact) mass is 413 g/mol. The van der Waals surface area contributed by atoms with Gasteiger partial charge in [0, 0.05) is 0 Å². The lowest BCUT2D eigenvalue weighted by atomic mass is 10.3. The van der Waals surface area contributed by atoms with Gasteiger partial charge in [0.2, 0.25) is 17.3 Å². The summed E-state index contributed by atoms with van der Waals surface area (Å²) in [6, 6.07) is 4.02. The summed E-state index contributed by atoms with van der Waals surface area (Å²) in [4.78, 5) is 17.3. The predicted octanol–water partition coefficient (Wildman–Crippen LogP) is 2.92. The van der Waals surface area contributed by atoms with E-state index < -0.39 is 11.6 Å². The highest BCUT2D eigenvalue weighted by molar-refractivity contribution is 9.10. The van der Waals surface area contributed by atoms with Crippen molar-refractivity contribution in [3.63, 3.8) is 0 Å². The van der Waals surface area contributed by atoms with Gasteiger partial charge in [0.05, 0.1) is 16.8 Å². The van der Waals surface area contributed by atoms with Crippen LogP contribution in [-0.4, -0.2) is 26.6 Å². The zero-order valence-corrected chi connectivity index (χ0v) is 14.6. The minimum atomic E-state index is -0.769. The van der Waals surface area contributed by atoms with Crippen molar-refractivity contribution in [2.75, 3.05) is 12.1 Å². The molecule has 11 heteroatoms. The first kappa shape index (κ1) is 17.3. The van der Waals surface area contributed by atoms with E-state index in [1.807, 2.05) is 6.92 Å². The lowest BCUT2D eigenvalue weighted by Gasteiger charge is -2.06. The Labute approximate surface area is 148 Å². The van der Waals surface area contributed by atoms with Crippen molar-refractivity contribution in [2.24, 2.45) is 0 Å². The third kappa shape index (κ3) is 3.61. The van der Waals surface area contributed by atoms with Gasteiger partial charge in [0.25, 0.3) is 0 Å². The van der Waals surface area contributed by atoms with E-state index in [9.17, 15) is 9.18 Å². The van der Waals surface area contributed by atoms with Crippen molar-refractivity contribution in [3.8, 4) is 17.2 Å². The number of hydrogen-bond acceptors (Lipinski definition) is 8. The molecule has 0 saturated heterocycles. The van der Waals surface area contributed by atoms with Crippen LogP contribution in [-0.2, 0) is 4.84 Å². The van der Waals surface area contributed by atoms with Crippen LogP contribution < -0.4 is 11.2 Å². The van der Waals surface area contributed by atoms with Gasteiger partial charge in [-0.2, -0.15) is 0 Å². The molecule has 0 aliphatic rings. The fourth-order valence-corrected chi connectivity index (χ4v) is 2.36. The largest absolute Gasteiger partial charge is 0.446 e. The van der Waals surface area contributed by atoms with Crippen LogP contribution in [0.5, 0.6) is 0 Å². The zero-order valence-electron chi connectivity index (χ0n) is 13.0. The Bertz CT molecular complexity index is 922. The molecule has 0 spiro atoms. The van der Waals surface area contributed by atoms with Crippen molar-refractivity contribution in [2.45, 2.75) is 19.8 Å². The molecular weight excluding hydrogens is 401 g/mol. The van der Waals surface area contributed by atoms with Crippen LogP contribution >= 0.6 is 15.9 Å². The molecule has 25 heavy (non-hydrogen) atoms. The van der Waals surface area contributed by atoms with Gasteiger partial charge < -0.3 is 0 Å². The molecule has 1 aromatic carbocycles. The molecule has 0 amide bonds. The standard InChI is InChI=1S/C14H13BrFN5O4/c1-2-3-6-23-18-12-11(17-25-19-12)13-20-24-14(22)21(13)8-4-5-10(16)9(15)7-8/h4-5,7H,2-3,6H2,1H3,(H,18,19). The number of rotatable bonds is 7. The summed E-state index contributed by atoms with van der Waals surface area (Å²) in [6.07, 6.45) is 1.82. The molecule has 0 atom stereocenters. The Balaban J connectivity index is 1.96. The first-order valence-corrected chi connectivity index (χ1v) is 8.16. The van der Waals surface area contributed by atoms with Crippen molar-refractivity contribution >= 4 is 21.7 Å². The Morgan fingerprint density at radius 1 is 1.36 bits per heavy atom. The summed E-state index contributed by atoms with van der Waals surface area (Å²) in [5, 5.41) is 11.1. The fraction of sp³-hybridized carbons (Fsp3) is 0.286. The van der Waals surface area contributed by atoms with Crippen LogP contribution in [0.3, 0.4) is 0 Å². The number of unbranched alkanes of at least 4 members (excludes halogenated alkanes) is 1. The van der Waals surface area contributed by atoms with E-state index in [0.29, 0.717) is 12.3 Å². The van der Waals surface area contributed by atoms with Gasteiger partial charge in [-0.15, -0.1) is 0 Å². The van der Waals surface area contributed by atoms with Crippen molar-refractivity contribution in [1.29, 1.82) is 0 Å². The lowest BCUT2D eigenvalue weighted by Crippen LogP contribution is -2.14. The quantitative estimate of drug-likeness (QED) is 0.465. The van der Waals surface area contributed by atoms with Crippen LogP contribution in [0.2, 0.25) is 0 Å². The van der Waals surface area contributed by atoms with E-state index in [0.717, 1.165) is 17.4 Å². The van der Waals surface area contributed by atoms with E-state index in [1.54, 1.807) is 0 Å². The van der Waals surface area contributed by atoms with Gasteiger partial charge in [-0.3, -0.25) is 9.36 Å². The Morgan fingerprint density at radius 2 is 2.20 bits per heavy atom. The van der Waals surface area contributed by atoms with Crippen LogP contribution in [0.4, 0.5) is 10.2 Å². The Hall–Kier alpha value is -2.53. The summed E-state index contributed by atoms with van der Waals surface area (Å²) in [5.74, 6) is -1.07. The van der Waals surface area contributed by atoms with Gasteiger partial charge in [-0.25, -0.2) is 23.9 Å². The van der Waals surface area contributed by atoms with Crippen LogP contribution in [0.15, 0.2) is 36.6 Å². The molecule has 3 rings (SSSR count). The molecule has 0 saturated carbocycles. The maximum Gasteiger partial charge on any atom is 0.446 e. The smallest absolute Gasteiger partial charge is 0.295 e. The van der Waals surface area contributed by atoms with Crippen LogP contribution in [0, 0.1) is 5.82 Å². The molecule has 0 fully saturated rings. The molecule has 0 bridgehead atoms. The zero-order chi connectivity index (χ0) is 17.8. The van der Waals surface area contributed by atoms with Gasteiger partial charge in [0.15, 0.2) is 0 Å². The van der Waals surface area contributed by atoms with Crippen molar-refractivity contribution in [3.05, 3.63) is 39.0 Å². The lowest BCUT2D eigenvalue weighted by molar-refractivity contribution is 0.186. The maximum atomic E-state index is 13.4. The maximum absolute atomic E-state index is 13.4. The molecule has 1 N–H and O–H groups in total. The Kier molecular flexibility index (Phi) is 5.24. The van der Waals surface area contributed by atoms with Crippen molar-refractivity contribution in [1.82, 2.24) is 20.0 Å². The first-order chi connectivity index (χ1) is 12.1. The van der Waals surface area contributed by atoms with Gasteiger partial charge in [-0.05, 0) is 50.9 Å². The number of nitrogens with zero attached hydrogens (tertiary/aromatic N) is 4. The topological polar surface area (TPSA) is 108 Å². The van der Waals surface area contributed by atoms with Gasteiger partial charge in [-0.1, -0.05) is 18.5 Å². The molecule has 0 unspecified atom stereocenters. The Morgan fingerprint density at radius 3 is 2.96 bits per heavy atom. The minimum Gasteiger partial charge on any atom is -0.295 e. The number of hydrogen-bond donors (Lipinski definition) is 1. The SMILES string of the molecule is CCCCONc1nonc1-c1noc(=O)n1-c1ccc(F)c(Br)c1. The molecule has 132 valence electrons. The summed E-state index contributed by atoms with van der Waals surface area (Å²) in [5.41, 5.74) is 3.04. The number of anilines is 1. The summed E-state index contributed by atoms with van der Waals surface area (Å²) >= 11 is 3.07. The first-order valence-electron chi connectivity index (χ1n) is 7.36. The number of nitrogens with one attached hydrogen (secondary N) is 1. The number of aromatic nitrogens is 4. The average molecular weight is 414 g/mol. The van der Waals surface area contributed by atoms with Gasteiger partial charge in [0.1, 0.15) is 5.82 Å². The van der Waals surface area contributed by atoms with Crippen molar-refractivity contribution < 1.29 is 18.4 Å². The summed E-state index contributed by atoms with van der Waals surface area (Å²) < 4.78 is 24.1. The second-order valence-electron chi connectivity index (χ2n) is 4.97. The molecular formula is C14H13BrFN5O4. The second kappa shape index (κ2) is 7.57. The van der Waals surface area contributed by atoms with E-state index in [-0.39, 0.29) is 21.8 Å². The second-order valence-corrected chi connectivity index (χ2v) is 5.83. The van der Waals surface area contributed by atoms with E-state index in [1.165, 1.54) is 18.2 Å². The normalized spacial score (nSPS) is 11.0. The summed E-state index contributed by atoms with van der Waals surface area (Å²) in [7, 11) is 0. The highest BCUT2D eigenvalue weighted by Gasteiger charge is 2.23. The highest BCUT2D eigenvalue weighted by atomic mass is 79.9. The molecule has 9 nitrogen and oxygen atoms in total. The molecule has 0 radical (unpaired) electrons.